The smallest absolute Gasteiger partial charge is 0.238 e. The number of imidazole rings is 1. The fourth-order valence-electron chi connectivity index (χ4n) is 9.63. The van der Waals surface area contributed by atoms with Gasteiger partial charge in [0.15, 0.2) is 11.5 Å². The van der Waals surface area contributed by atoms with Gasteiger partial charge in [0.1, 0.15) is 22.7 Å². The van der Waals surface area contributed by atoms with E-state index in [1.165, 1.54) is 4.90 Å². The van der Waals surface area contributed by atoms with Crippen molar-refractivity contribution in [2.24, 2.45) is 11.8 Å². The Morgan fingerprint density at radius 1 is 0.639 bits per heavy atom. The van der Waals surface area contributed by atoms with Crippen molar-refractivity contribution in [2.75, 3.05) is 4.90 Å². The van der Waals surface area contributed by atoms with Crippen LogP contribution in [0.3, 0.4) is 0 Å². The number of hydrogen-bond donors (Lipinski definition) is 0. The van der Waals surface area contributed by atoms with E-state index in [1.807, 2.05) is 41.1 Å². The second-order valence-corrected chi connectivity index (χ2v) is 16.2. The predicted octanol–water partition coefficient (Wildman–Crippen LogP) is 9.66. The summed E-state index contributed by atoms with van der Waals surface area (Å²) in [6, 6.07) is 51.8. The van der Waals surface area contributed by atoms with Gasteiger partial charge in [0.2, 0.25) is 11.8 Å². The van der Waals surface area contributed by atoms with Crippen LogP contribution < -0.4 is 4.90 Å². The monoisotopic (exact) mass is 802 g/mol. The van der Waals surface area contributed by atoms with Crippen molar-refractivity contribution < 1.29 is 9.59 Å². The van der Waals surface area contributed by atoms with Gasteiger partial charge in [-0.1, -0.05) is 166 Å². The van der Waals surface area contributed by atoms with Crippen LogP contribution in [0.4, 0.5) is 5.82 Å². The highest BCUT2D eigenvalue weighted by atomic mass is 16.2. The van der Waals surface area contributed by atoms with Gasteiger partial charge < -0.3 is 4.57 Å². The number of anilines is 1. The van der Waals surface area contributed by atoms with Gasteiger partial charge in [-0.25, -0.2) is 19.5 Å². The summed E-state index contributed by atoms with van der Waals surface area (Å²) in [7, 11) is 0. The van der Waals surface area contributed by atoms with Gasteiger partial charge >= 0.3 is 0 Å². The summed E-state index contributed by atoms with van der Waals surface area (Å²) in [6.45, 7) is 2.71. The molecule has 5 aromatic carbocycles. The molecule has 2 atom stereocenters. The minimum absolute atomic E-state index is 0.116. The van der Waals surface area contributed by atoms with Crippen LogP contribution in [0.15, 0.2) is 152 Å². The average Bonchev–Trinajstić information content (AvgIpc) is 4.01. The van der Waals surface area contributed by atoms with Crippen LogP contribution in [-0.4, -0.2) is 46.6 Å². The van der Waals surface area contributed by atoms with Crippen LogP contribution in [0, 0.1) is 11.8 Å². The van der Waals surface area contributed by atoms with Crippen LogP contribution in [0.25, 0.3) is 33.7 Å². The molecule has 2 unspecified atom stereocenters. The summed E-state index contributed by atoms with van der Waals surface area (Å²) in [4.78, 5) is 38.5. The average molecular weight is 803 g/mol. The molecule has 1 aliphatic carbocycles. The predicted molar refractivity (Wildman–Crippen MR) is 236 cm³/mol. The van der Waals surface area contributed by atoms with E-state index >= 15 is 0 Å². The SMILES string of the molecule is CCCCc1nc2ccc(N3C(=O)C4CCCCC4C3=O)nc2n1Cc1ccc(-c2ccccc2-c2nnnn2C(c2ccccc2)(c2ccccc2)c2ccccc2)cc1. The number of nitrogens with zero attached hydrogens (tertiary/aromatic N) is 8. The Balaban J connectivity index is 1.03. The van der Waals surface area contributed by atoms with Crippen molar-refractivity contribution in [3.05, 3.63) is 180 Å². The topological polar surface area (TPSA) is 112 Å². The van der Waals surface area contributed by atoms with Gasteiger partial charge in [0.25, 0.3) is 0 Å². The van der Waals surface area contributed by atoms with Crippen LogP contribution in [-0.2, 0) is 28.1 Å². The van der Waals surface area contributed by atoms with Crippen molar-refractivity contribution in [1.29, 1.82) is 0 Å². The lowest BCUT2D eigenvalue weighted by Gasteiger charge is -2.36. The molecule has 0 spiro atoms. The summed E-state index contributed by atoms with van der Waals surface area (Å²) < 4.78 is 4.13. The van der Waals surface area contributed by atoms with Gasteiger partial charge in [-0.05, 0) is 75.2 Å². The number of aryl methyl sites for hydroxylation is 1. The molecule has 1 saturated heterocycles. The maximum atomic E-state index is 13.6. The van der Waals surface area contributed by atoms with Crippen molar-refractivity contribution in [3.63, 3.8) is 0 Å². The second kappa shape index (κ2) is 16.2. The number of benzene rings is 5. The molecule has 2 amide bonds. The van der Waals surface area contributed by atoms with E-state index in [0.717, 1.165) is 95.2 Å². The molecule has 10 nitrogen and oxygen atoms in total. The Hall–Kier alpha value is -7.07. The molecule has 61 heavy (non-hydrogen) atoms. The second-order valence-electron chi connectivity index (χ2n) is 16.2. The summed E-state index contributed by atoms with van der Waals surface area (Å²) in [5.74, 6) is 1.26. The number of hydrogen-bond acceptors (Lipinski definition) is 7. The number of fused-ring (bicyclic) bond motifs is 2. The number of carbonyl (C=O) groups excluding carboxylic acids is 2. The molecule has 2 aliphatic rings. The fourth-order valence-corrected chi connectivity index (χ4v) is 9.63. The van der Waals surface area contributed by atoms with Crippen LogP contribution in [0.2, 0.25) is 0 Å². The van der Waals surface area contributed by atoms with Crippen molar-refractivity contribution in [1.82, 2.24) is 34.7 Å². The first kappa shape index (κ1) is 38.2. The zero-order valence-electron chi connectivity index (χ0n) is 34.1. The van der Waals surface area contributed by atoms with E-state index in [4.69, 9.17) is 20.3 Å². The Morgan fingerprint density at radius 3 is 1.80 bits per heavy atom. The molecule has 8 aromatic rings. The molecule has 0 radical (unpaired) electrons. The van der Waals surface area contributed by atoms with Gasteiger partial charge in [0, 0.05) is 12.0 Å². The molecule has 1 aliphatic heterocycles. The summed E-state index contributed by atoms with van der Waals surface area (Å²) in [5, 5.41) is 13.9. The van der Waals surface area contributed by atoms with E-state index in [0.29, 0.717) is 23.8 Å². The van der Waals surface area contributed by atoms with E-state index in [2.05, 4.69) is 126 Å². The quantitative estimate of drug-likeness (QED) is 0.0894. The number of carbonyl (C=O) groups is 2. The normalized spacial score (nSPS) is 16.6. The summed E-state index contributed by atoms with van der Waals surface area (Å²) in [6.07, 6.45) is 6.30. The third kappa shape index (κ3) is 6.63. The number of tetrazole rings is 1. The lowest BCUT2D eigenvalue weighted by atomic mass is 9.77. The van der Waals surface area contributed by atoms with Crippen molar-refractivity contribution >= 4 is 28.8 Å². The van der Waals surface area contributed by atoms with Crippen LogP contribution >= 0.6 is 0 Å². The third-order valence-corrected chi connectivity index (χ3v) is 12.6. The molecule has 0 N–H and O–H groups in total. The maximum absolute atomic E-state index is 13.6. The Labute approximate surface area is 354 Å². The van der Waals surface area contributed by atoms with Crippen LogP contribution in [0.5, 0.6) is 0 Å². The Kier molecular flexibility index (Phi) is 10.1. The first-order valence-corrected chi connectivity index (χ1v) is 21.4. The molecule has 2 fully saturated rings. The van der Waals surface area contributed by atoms with E-state index in [1.54, 1.807) is 6.07 Å². The maximum Gasteiger partial charge on any atom is 0.238 e. The van der Waals surface area contributed by atoms with E-state index < -0.39 is 5.54 Å². The molecular formula is C51H46N8O2. The standard InChI is InChI=1S/C51H46N8O2/c1-2-3-27-45-52-44-32-33-46(58-49(60)42-25-15-16-26-43(42)50(58)61)53-48(44)57(45)34-35-28-30-36(31-29-35)40-23-13-14-24-41(40)47-54-55-56-59(47)51(37-17-7-4-8-18-37,38-19-9-5-10-20-38)39-21-11-6-12-22-39/h4-14,17-24,28-33,42-43H,2-3,15-16,25-27,34H2,1H3. The first-order chi connectivity index (χ1) is 30.1. The van der Waals surface area contributed by atoms with Gasteiger partial charge in [0.05, 0.1) is 18.4 Å². The number of imide groups is 1. The first-order valence-electron chi connectivity index (χ1n) is 21.4. The molecule has 4 heterocycles. The number of rotatable bonds is 12. The van der Waals surface area contributed by atoms with Crippen LogP contribution in [0.1, 0.15) is 73.5 Å². The molecule has 10 heteroatoms. The summed E-state index contributed by atoms with van der Waals surface area (Å²) in [5.41, 5.74) is 7.65. The largest absolute Gasteiger partial charge is 0.308 e. The van der Waals surface area contributed by atoms with Gasteiger partial charge in [-0.15, -0.1) is 5.10 Å². The van der Waals surface area contributed by atoms with Crippen molar-refractivity contribution in [2.45, 2.75) is 64.0 Å². The number of amides is 2. The van der Waals surface area contributed by atoms with Gasteiger partial charge in [-0.2, -0.15) is 0 Å². The third-order valence-electron chi connectivity index (χ3n) is 12.6. The van der Waals surface area contributed by atoms with E-state index in [-0.39, 0.29) is 23.7 Å². The lowest BCUT2D eigenvalue weighted by Crippen LogP contribution is -2.39. The molecule has 1 saturated carbocycles. The minimum atomic E-state index is -0.885. The highest BCUT2D eigenvalue weighted by molar-refractivity contribution is 6.21. The molecule has 10 rings (SSSR count). The van der Waals surface area contributed by atoms with Crippen molar-refractivity contribution in [3.8, 4) is 22.5 Å². The Morgan fingerprint density at radius 2 is 1.21 bits per heavy atom. The Bertz CT molecular complexity index is 2710. The highest BCUT2D eigenvalue weighted by Gasteiger charge is 2.49. The number of unbranched alkanes of at least 4 members (excludes halogenated alkanes) is 1. The minimum Gasteiger partial charge on any atom is -0.308 e. The summed E-state index contributed by atoms with van der Waals surface area (Å²) >= 11 is 0. The molecular weight excluding hydrogens is 757 g/mol. The molecule has 302 valence electrons. The molecule has 0 bridgehead atoms. The van der Waals surface area contributed by atoms with Gasteiger partial charge in [-0.3, -0.25) is 9.59 Å². The number of pyridine rings is 1. The molecule has 3 aromatic heterocycles. The zero-order valence-corrected chi connectivity index (χ0v) is 34.1. The fraction of sp³-hybridized carbons (Fsp3) is 0.235. The number of aromatic nitrogens is 7. The van der Waals surface area contributed by atoms with E-state index in [9.17, 15) is 9.59 Å². The zero-order chi connectivity index (χ0) is 41.3. The lowest BCUT2D eigenvalue weighted by molar-refractivity contribution is -0.122. The highest BCUT2D eigenvalue weighted by Crippen LogP contribution is 2.44.